The van der Waals surface area contributed by atoms with E-state index in [1.807, 2.05) is 0 Å². The molecule has 0 amide bonds. The zero-order valence-electron chi connectivity index (χ0n) is 10.3. The lowest BCUT2D eigenvalue weighted by Gasteiger charge is -2.24. The maximum Gasteiger partial charge on any atom is 0.0558 e. The lowest BCUT2D eigenvalue weighted by atomic mass is 10.3. The second-order valence-electron chi connectivity index (χ2n) is 4.22. The van der Waals surface area contributed by atoms with E-state index in [1.165, 1.54) is 0 Å². The molecule has 4 nitrogen and oxygen atoms in total. The van der Waals surface area contributed by atoms with Crippen LogP contribution in [0.5, 0.6) is 0 Å². The summed E-state index contributed by atoms with van der Waals surface area (Å²) in [5, 5.41) is 17.7. The van der Waals surface area contributed by atoms with Crippen LogP contribution in [-0.4, -0.2) is 72.5 Å². The predicted octanol–water partition coefficient (Wildman–Crippen LogP) is 0.00330. The summed E-state index contributed by atoms with van der Waals surface area (Å²) < 4.78 is 0. The van der Waals surface area contributed by atoms with Crippen LogP contribution in [0.15, 0.2) is 0 Å². The van der Waals surface area contributed by atoms with Gasteiger partial charge in [-0.15, -0.1) is 0 Å². The second kappa shape index (κ2) is 9.09. The molecular weight excluding hydrogens is 192 g/mol. The molecule has 0 aliphatic rings. The van der Waals surface area contributed by atoms with E-state index in [4.69, 9.17) is 10.2 Å². The van der Waals surface area contributed by atoms with Crippen LogP contribution in [0.1, 0.15) is 20.3 Å². The van der Waals surface area contributed by atoms with E-state index >= 15 is 0 Å². The topological polar surface area (TPSA) is 46.9 Å². The summed E-state index contributed by atoms with van der Waals surface area (Å²) in [4.78, 5) is 4.39. The molecular formula is C11H26N2O2. The Morgan fingerprint density at radius 2 is 1.47 bits per heavy atom. The van der Waals surface area contributed by atoms with Gasteiger partial charge in [0.15, 0.2) is 0 Å². The Bertz CT molecular complexity index is 137. The van der Waals surface area contributed by atoms with Crippen LogP contribution in [0.4, 0.5) is 0 Å². The van der Waals surface area contributed by atoms with Crippen molar-refractivity contribution >= 4 is 0 Å². The molecule has 0 unspecified atom stereocenters. The Kier molecular flexibility index (Phi) is 9.00. The quantitative estimate of drug-likeness (QED) is 0.572. The van der Waals surface area contributed by atoms with Crippen molar-refractivity contribution in [1.82, 2.24) is 9.80 Å². The zero-order chi connectivity index (χ0) is 11.7. The van der Waals surface area contributed by atoms with Crippen LogP contribution in [-0.2, 0) is 0 Å². The normalized spacial score (nSPS) is 12.0. The van der Waals surface area contributed by atoms with E-state index in [1.54, 1.807) is 0 Å². The molecule has 0 spiro atoms. The molecule has 0 heterocycles. The first kappa shape index (κ1) is 14.8. The molecule has 0 radical (unpaired) electrons. The number of hydrogen-bond acceptors (Lipinski definition) is 4. The Morgan fingerprint density at radius 1 is 0.933 bits per heavy atom. The van der Waals surface area contributed by atoms with Crippen LogP contribution in [0.3, 0.4) is 0 Å². The Balaban J connectivity index is 3.60. The van der Waals surface area contributed by atoms with Crippen molar-refractivity contribution in [3.63, 3.8) is 0 Å². The molecule has 4 heteroatoms. The van der Waals surface area contributed by atoms with Gasteiger partial charge in [-0.05, 0) is 40.4 Å². The third-order valence-electron chi connectivity index (χ3n) is 2.70. The van der Waals surface area contributed by atoms with Gasteiger partial charge in [-0.25, -0.2) is 0 Å². The average Bonchev–Trinajstić information content (AvgIpc) is 2.18. The fourth-order valence-corrected chi connectivity index (χ4v) is 1.42. The smallest absolute Gasteiger partial charge is 0.0558 e. The van der Waals surface area contributed by atoms with E-state index in [0.29, 0.717) is 19.1 Å². The molecule has 0 aliphatic heterocycles. The summed E-state index contributed by atoms with van der Waals surface area (Å²) in [6, 6.07) is 0.578. The zero-order valence-corrected chi connectivity index (χ0v) is 10.3. The van der Waals surface area contributed by atoms with E-state index in [0.717, 1.165) is 19.5 Å². The van der Waals surface area contributed by atoms with Crippen LogP contribution < -0.4 is 0 Å². The lowest BCUT2D eigenvalue weighted by Crippen LogP contribution is -2.34. The summed E-state index contributed by atoms with van der Waals surface area (Å²) in [5.41, 5.74) is 0. The monoisotopic (exact) mass is 218 g/mol. The molecule has 2 N–H and O–H groups in total. The van der Waals surface area contributed by atoms with Gasteiger partial charge in [-0.2, -0.15) is 0 Å². The van der Waals surface area contributed by atoms with Crippen molar-refractivity contribution in [3.8, 4) is 0 Å². The first-order valence-corrected chi connectivity index (χ1v) is 5.76. The van der Waals surface area contributed by atoms with Gasteiger partial charge in [0.1, 0.15) is 0 Å². The third kappa shape index (κ3) is 7.73. The molecule has 0 aliphatic carbocycles. The van der Waals surface area contributed by atoms with Gasteiger partial charge in [0, 0.05) is 19.1 Å². The number of aliphatic hydroxyl groups is 2. The molecule has 92 valence electrons. The highest BCUT2D eigenvalue weighted by Gasteiger charge is 2.06. The van der Waals surface area contributed by atoms with E-state index in [-0.39, 0.29) is 13.2 Å². The Hall–Kier alpha value is -0.160. The van der Waals surface area contributed by atoms with E-state index in [9.17, 15) is 0 Å². The fraction of sp³-hybridized carbons (Fsp3) is 1.00. The van der Waals surface area contributed by atoms with Crippen molar-refractivity contribution in [2.24, 2.45) is 0 Å². The molecule has 15 heavy (non-hydrogen) atoms. The van der Waals surface area contributed by atoms with Crippen molar-refractivity contribution in [2.45, 2.75) is 26.3 Å². The Morgan fingerprint density at radius 3 is 1.87 bits per heavy atom. The van der Waals surface area contributed by atoms with Crippen molar-refractivity contribution in [2.75, 3.05) is 46.4 Å². The predicted molar refractivity (Wildman–Crippen MR) is 63.0 cm³/mol. The van der Waals surface area contributed by atoms with E-state index in [2.05, 4.69) is 30.7 Å². The molecule has 0 saturated carbocycles. The highest BCUT2D eigenvalue weighted by Crippen LogP contribution is 1.97. The van der Waals surface area contributed by atoms with Gasteiger partial charge >= 0.3 is 0 Å². The van der Waals surface area contributed by atoms with Gasteiger partial charge in [-0.3, -0.25) is 4.90 Å². The van der Waals surface area contributed by atoms with Crippen LogP contribution in [0.2, 0.25) is 0 Å². The largest absolute Gasteiger partial charge is 0.395 e. The van der Waals surface area contributed by atoms with Gasteiger partial charge in [-0.1, -0.05) is 0 Å². The first-order chi connectivity index (χ1) is 7.11. The number of nitrogens with zero attached hydrogens (tertiary/aromatic N) is 2. The van der Waals surface area contributed by atoms with Crippen LogP contribution in [0.25, 0.3) is 0 Å². The van der Waals surface area contributed by atoms with Crippen molar-refractivity contribution < 1.29 is 10.2 Å². The summed E-state index contributed by atoms with van der Waals surface area (Å²) in [7, 11) is 2.12. The highest BCUT2D eigenvalue weighted by atomic mass is 16.3. The summed E-state index contributed by atoms with van der Waals surface area (Å²) in [5.74, 6) is 0. The van der Waals surface area contributed by atoms with E-state index < -0.39 is 0 Å². The average molecular weight is 218 g/mol. The minimum absolute atomic E-state index is 0.167. The summed E-state index contributed by atoms with van der Waals surface area (Å²) >= 11 is 0. The molecule has 0 rings (SSSR count). The Labute approximate surface area is 93.5 Å². The molecule has 0 bridgehead atoms. The first-order valence-electron chi connectivity index (χ1n) is 5.76. The molecule has 0 saturated heterocycles. The number of aliphatic hydroxyl groups excluding tert-OH is 2. The molecule has 0 atom stereocenters. The maximum atomic E-state index is 8.83. The molecule has 0 aromatic heterocycles. The molecule has 0 aromatic rings. The summed E-state index contributed by atoms with van der Waals surface area (Å²) in [6.45, 7) is 8.01. The molecule has 0 aromatic carbocycles. The minimum atomic E-state index is 0.167. The lowest BCUT2D eigenvalue weighted by molar-refractivity contribution is 0.153. The summed E-state index contributed by atoms with van der Waals surface area (Å²) in [6.07, 6.45) is 1.08. The highest BCUT2D eigenvalue weighted by molar-refractivity contribution is 4.61. The second-order valence-corrected chi connectivity index (χ2v) is 4.22. The number of rotatable bonds is 9. The molecule has 0 fully saturated rings. The number of hydrogen-bond donors (Lipinski definition) is 2. The minimum Gasteiger partial charge on any atom is -0.395 e. The fourth-order valence-electron chi connectivity index (χ4n) is 1.42. The van der Waals surface area contributed by atoms with Gasteiger partial charge in [0.25, 0.3) is 0 Å². The van der Waals surface area contributed by atoms with Crippen LogP contribution >= 0.6 is 0 Å². The van der Waals surface area contributed by atoms with Crippen LogP contribution in [0, 0.1) is 0 Å². The van der Waals surface area contributed by atoms with Gasteiger partial charge in [0.05, 0.1) is 13.2 Å². The maximum absolute atomic E-state index is 8.83. The van der Waals surface area contributed by atoms with Gasteiger partial charge < -0.3 is 15.1 Å². The standard InChI is InChI=1S/C11H26N2O2/c1-11(2)12(3)5-4-6-13(7-9-14)8-10-15/h11,14-15H,4-10H2,1-3H3. The van der Waals surface area contributed by atoms with Crippen molar-refractivity contribution in [3.05, 3.63) is 0 Å². The van der Waals surface area contributed by atoms with Crippen molar-refractivity contribution in [1.29, 1.82) is 0 Å². The SMILES string of the molecule is CC(C)N(C)CCCN(CCO)CCO. The van der Waals surface area contributed by atoms with Gasteiger partial charge in [0.2, 0.25) is 0 Å². The third-order valence-corrected chi connectivity index (χ3v) is 2.70.